The molecule has 3 aliphatic rings. The van der Waals surface area contributed by atoms with Crippen LogP contribution in [0.5, 0.6) is 0 Å². The summed E-state index contributed by atoms with van der Waals surface area (Å²) in [6.45, 7) is 10.4. The first-order chi connectivity index (χ1) is 10.9. The smallest absolute Gasteiger partial charge is 0.316 e. The van der Waals surface area contributed by atoms with Crippen molar-refractivity contribution in [3.8, 4) is 0 Å². The van der Waals surface area contributed by atoms with Gasteiger partial charge >= 0.3 is 5.97 Å². The van der Waals surface area contributed by atoms with E-state index >= 15 is 0 Å². The Kier molecular flexibility index (Phi) is 3.63. The molecule has 0 aromatic heterocycles. The second-order valence-electron chi connectivity index (χ2n) is 10.2. The summed E-state index contributed by atoms with van der Waals surface area (Å²) in [5.74, 6) is -0.292. The number of carbonyl (C=O) groups excluding carboxylic acids is 2. The highest BCUT2D eigenvalue weighted by molar-refractivity contribution is 6.05. The van der Waals surface area contributed by atoms with Gasteiger partial charge in [0.25, 0.3) is 0 Å². The highest BCUT2D eigenvalue weighted by Gasteiger charge is 2.64. The molecule has 0 radical (unpaired) electrons. The van der Waals surface area contributed by atoms with Crippen molar-refractivity contribution in [2.24, 2.45) is 21.7 Å². The lowest BCUT2D eigenvalue weighted by Crippen LogP contribution is -2.59. The molecule has 0 saturated heterocycles. The van der Waals surface area contributed by atoms with Crippen molar-refractivity contribution in [3.05, 3.63) is 11.1 Å². The van der Waals surface area contributed by atoms with Gasteiger partial charge < -0.3 is 9.84 Å². The molecule has 1 N–H and O–H groups in total. The topological polar surface area (TPSA) is 63.6 Å². The summed E-state index contributed by atoms with van der Waals surface area (Å²) in [6, 6.07) is 0. The molecule has 0 aliphatic heterocycles. The number of methoxy groups -OCH3 is 1. The van der Waals surface area contributed by atoms with E-state index in [0.29, 0.717) is 31.3 Å². The number of carbonyl (C=O) groups is 2. The predicted octanol–water partition coefficient (Wildman–Crippen LogP) is 3.42. The Balaban J connectivity index is 2.28. The first-order valence-corrected chi connectivity index (χ1v) is 8.89. The molecular weight excluding hydrogens is 304 g/mol. The second kappa shape index (κ2) is 4.94. The Hall–Kier alpha value is -1.16. The summed E-state index contributed by atoms with van der Waals surface area (Å²) in [6.07, 6.45) is 2.39. The molecule has 134 valence electrons. The fraction of sp³-hybridized carbons (Fsp3) is 0.800. The van der Waals surface area contributed by atoms with Gasteiger partial charge in [-0.15, -0.1) is 0 Å². The summed E-state index contributed by atoms with van der Waals surface area (Å²) < 4.78 is 5.18. The number of fused-ring (bicyclic) bond motifs is 3. The van der Waals surface area contributed by atoms with Crippen LogP contribution < -0.4 is 0 Å². The number of esters is 1. The average molecular weight is 334 g/mol. The number of ether oxygens (including phenoxy) is 1. The maximum atomic E-state index is 13.1. The molecule has 0 aromatic rings. The molecule has 3 aliphatic carbocycles. The SMILES string of the molecule is COC(=O)C12CC(C)(C)CC(C)(C1)C(O)C1=C2C(=O)CC(C)(C)C1. The van der Waals surface area contributed by atoms with Crippen molar-refractivity contribution < 1.29 is 19.4 Å². The standard InChI is InChI=1S/C20H30O4/c1-17(2)7-12-14(13(21)8-17)20(16(23)24-6)10-18(3,4)9-19(5,11-20)15(12)22/h15,22H,7-11H2,1-6H3. The summed E-state index contributed by atoms with van der Waals surface area (Å²) >= 11 is 0. The summed E-state index contributed by atoms with van der Waals surface area (Å²) in [4.78, 5) is 26.0. The maximum absolute atomic E-state index is 13.1. The van der Waals surface area contributed by atoms with Gasteiger partial charge in [-0.2, -0.15) is 0 Å². The third-order valence-electron chi connectivity index (χ3n) is 6.32. The van der Waals surface area contributed by atoms with E-state index in [2.05, 4.69) is 34.6 Å². The molecule has 0 heterocycles. The molecule has 1 fully saturated rings. The molecular formula is C20H30O4. The van der Waals surface area contributed by atoms with Crippen LogP contribution in [-0.2, 0) is 14.3 Å². The summed E-state index contributed by atoms with van der Waals surface area (Å²) in [5, 5.41) is 11.2. The zero-order valence-electron chi connectivity index (χ0n) is 15.8. The molecule has 3 rings (SSSR count). The molecule has 4 heteroatoms. The van der Waals surface area contributed by atoms with E-state index in [1.165, 1.54) is 7.11 Å². The van der Waals surface area contributed by atoms with Crippen molar-refractivity contribution in [1.82, 2.24) is 0 Å². The van der Waals surface area contributed by atoms with Gasteiger partial charge in [-0.3, -0.25) is 9.59 Å². The van der Waals surface area contributed by atoms with E-state index < -0.39 is 16.9 Å². The van der Waals surface area contributed by atoms with Crippen LogP contribution in [0.1, 0.15) is 66.7 Å². The summed E-state index contributed by atoms with van der Waals surface area (Å²) in [5.41, 5.74) is -0.229. The van der Waals surface area contributed by atoms with Crippen LogP contribution >= 0.6 is 0 Å². The van der Waals surface area contributed by atoms with Crippen LogP contribution in [0.25, 0.3) is 0 Å². The molecule has 24 heavy (non-hydrogen) atoms. The van der Waals surface area contributed by atoms with Crippen LogP contribution in [0, 0.1) is 21.7 Å². The lowest BCUT2D eigenvalue weighted by atomic mass is 9.44. The number of hydrogen-bond donors (Lipinski definition) is 1. The van der Waals surface area contributed by atoms with Crippen molar-refractivity contribution >= 4 is 11.8 Å². The second-order valence-corrected chi connectivity index (χ2v) is 10.2. The minimum Gasteiger partial charge on any atom is -0.468 e. The Morgan fingerprint density at radius 2 is 1.67 bits per heavy atom. The predicted molar refractivity (Wildman–Crippen MR) is 91.2 cm³/mol. The zero-order valence-corrected chi connectivity index (χ0v) is 15.8. The Labute approximate surface area is 144 Å². The first-order valence-electron chi connectivity index (χ1n) is 8.89. The number of Topliss-reactive ketones (excluding diaryl/α,β-unsaturated/α-hetero) is 1. The quantitative estimate of drug-likeness (QED) is 0.746. The Morgan fingerprint density at radius 3 is 2.25 bits per heavy atom. The lowest BCUT2D eigenvalue weighted by molar-refractivity contribution is -0.166. The van der Waals surface area contributed by atoms with E-state index in [0.717, 1.165) is 12.0 Å². The van der Waals surface area contributed by atoms with Gasteiger partial charge in [0.1, 0.15) is 0 Å². The largest absolute Gasteiger partial charge is 0.468 e. The van der Waals surface area contributed by atoms with Crippen LogP contribution in [-0.4, -0.2) is 30.1 Å². The molecule has 2 bridgehead atoms. The molecule has 4 nitrogen and oxygen atoms in total. The third kappa shape index (κ3) is 2.37. The molecule has 0 spiro atoms. The number of ketones is 1. The fourth-order valence-electron chi connectivity index (χ4n) is 6.20. The number of hydrogen-bond acceptors (Lipinski definition) is 4. The van der Waals surface area contributed by atoms with Crippen LogP contribution in [0.4, 0.5) is 0 Å². The highest BCUT2D eigenvalue weighted by Crippen LogP contribution is 2.65. The average Bonchev–Trinajstić information content (AvgIpc) is 2.40. The normalized spacial score (nSPS) is 40.1. The summed E-state index contributed by atoms with van der Waals surface area (Å²) in [7, 11) is 1.40. The monoisotopic (exact) mass is 334 g/mol. The minimum atomic E-state index is -0.895. The lowest BCUT2D eigenvalue weighted by Gasteiger charge is -2.59. The van der Waals surface area contributed by atoms with E-state index in [1.807, 2.05) is 0 Å². The minimum absolute atomic E-state index is 0.0189. The van der Waals surface area contributed by atoms with Crippen LogP contribution in [0.15, 0.2) is 11.1 Å². The van der Waals surface area contributed by atoms with Gasteiger partial charge in [0.2, 0.25) is 0 Å². The van der Waals surface area contributed by atoms with E-state index in [4.69, 9.17) is 4.74 Å². The van der Waals surface area contributed by atoms with E-state index in [9.17, 15) is 14.7 Å². The molecule has 0 amide bonds. The number of aliphatic hydroxyl groups is 1. The molecule has 0 aromatic carbocycles. The number of aliphatic hydroxyl groups excluding tert-OH is 1. The Morgan fingerprint density at radius 1 is 1.04 bits per heavy atom. The first kappa shape index (κ1) is 17.7. The molecule has 3 unspecified atom stereocenters. The molecule has 3 atom stereocenters. The van der Waals surface area contributed by atoms with Crippen molar-refractivity contribution in [2.75, 3.05) is 7.11 Å². The van der Waals surface area contributed by atoms with Crippen molar-refractivity contribution in [2.45, 2.75) is 72.8 Å². The van der Waals surface area contributed by atoms with Gasteiger partial charge in [-0.05, 0) is 47.5 Å². The van der Waals surface area contributed by atoms with E-state index in [1.54, 1.807) is 0 Å². The van der Waals surface area contributed by atoms with Gasteiger partial charge in [-0.1, -0.05) is 34.6 Å². The maximum Gasteiger partial charge on any atom is 0.316 e. The van der Waals surface area contributed by atoms with Crippen LogP contribution in [0.3, 0.4) is 0 Å². The van der Waals surface area contributed by atoms with Gasteiger partial charge in [0.05, 0.1) is 18.6 Å². The highest BCUT2D eigenvalue weighted by atomic mass is 16.5. The third-order valence-corrected chi connectivity index (χ3v) is 6.32. The molecule has 1 saturated carbocycles. The van der Waals surface area contributed by atoms with Crippen molar-refractivity contribution in [1.29, 1.82) is 0 Å². The van der Waals surface area contributed by atoms with E-state index in [-0.39, 0.29) is 22.6 Å². The zero-order chi connectivity index (χ0) is 18.1. The van der Waals surface area contributed by atoms with Crippen molar-refractivity contribution in [3.63, 3.8) is 0 Å². The van der Waals surface area contributed by atoms with Crippen LogP contribution in [0.2, 0.25) is 0 Å². The Bertz CT molecular complexity index is 642. The van der Waals surface area contributed by atoms with Gasteiger partial charge in [0.15, 0.2) is 5.78 Å². The van der Waals surface area contributed by atoms with Gasteiger partial charge in [0, 0.05) is 12.0 Å². The van der Waals surface area contributed by atoms with Gasteiger partial charge in [-0.25, -0.2) is 0 Å². The number of rotatable bonds is 1. The fourth-order valence-corrected chi connectivity index (χ4v) is 6.20.